The smallest absolute Gasteiger partial charge is 0.227 e. The molecular weight excluding hydrogens is 296 g/mol. The number of hydrogen-bond acceptors (Lipinski definition) is 5. The van der Waals surface area contributed by atoms with Crippen molar-refractivity contribution >= 4 is 23.4 Å². The second-order valence-electron chi connectivity index (χ2n) is 4.90. The number of allylic oxidation sites excluding steroid dienone is 1. The lowest BCUT2D eigenvalue weighted by Gasteiger charge is -2.23. The van der Waals surface area contributed by atoms with Crippen molar-refractivity contribution in [1.29, 1.82) is 0 Å². The van der Waals surface area contributed by atoms with Crippen LogP contribution in [0.25, 0.3) is 5.70 Å². The van der Waals surface area contributed by atoms with Gasteiger partial charge >= 0.3 is 0 Å². The predicted molar refractivity (Wildman–Crippen MR) is 86.7 cm³/mol. The number of thioether (sulfide) groups is 1. The summed E-state index contributed by atoms with van der Waals surface area (Å²) >= 11 is 1.53. The number of aromatic nitrogens is 3. The zero-order valence-electron chi connectivity index (χ0n) is 11.9. The highest BCUT2D eigenvalue weighted by molar-refractivity contribution is 7.98. The number of nitrogens with one attached hydrogen (secondary N) is 1. The molecule has 0 radical (unpaired) electrons. The van der Waals surface area contributed by atoms with Gasteiger partial charge in [-0.3, -0.25) is 0 Å². The molecule has 6 heteroatoms. The fourth-order valence-electron chi connectivity index (χ4n) is 2.52. The Labute approximate surface area is 132 Å². The molecule has 1 N–H and O–H groups in total. The Bertz CT molecular complexity index is 808. The van der Waals surface area contributed by atoms with Crippen LogP contribution < -0.4 is 5.32 Å². The van der Waals surface area contributed by atoms with E-state index in [1.165, 1.54) is 11.8 Å². The monoisotopic (exact) mass is 310 g/mol. The molecule has 4 rings (SSSR count). The standard InChI is InChI=1S/C16H14N4OS/c1-22-16-18-15-17-12(14-8-5-9-21-14)10-13(20(15)19-16)11-6-3-2-4-7-11/h2-10,13H,1H3,(H,17,18,19). The normalized spacial score (nSPS) is 16.8. The molecule has 0 spiro atoms. The Morgan fingerprint density at radius 2 is 2.05 bits per heavy atom. The molecule has 3 heterocycles. The van der Waals surface area contributed by atoms with Gasteiger partial charge in [-0.05, 0) is 30.0 Å². The number of benzene rings is 1. The number of rotatable bonds is 3. The average molecular weight is 310 g/mol. The van der Waals surface area contributed by atoms with Gasteiger partial charge in [0.25, 0.3) is 0 Å². The minimum absolute atomic E-state index is 0.00838. The molecule has 1 aliphatic heterocycles. The quantitative estimate of drug-likeness (QED) is 0.748. The first-order valence-corrected chi connectivity index (χ1v) is 8.16. The van der Waals surface area contributed by atoms with Crippen LogP contribution in [-0.2, 0) is 0 Å². The zero-order chi connectivity index (χ0) is 14.9. The maximum atomic E-state index is 5.51. The van der Waals surface area contributed by atoms with Gasteiger partial charge in [-0.15, -0.1) is 5.10 Å². The number of fused-ring (bicyclic) bond motifs is 1. The Hall–Kier alpha value is -2.47. The van der Waals surface area contributed by atoms with Crippen molar-refractivity contribution in [3.05, 3.63) is 66.1 Å². The van der Waals surface area contributed by atoms with E-state index in [9.17, 15) is 0 Å². The Kier molecular flexibility index (Phi) is 3.23. The van der Waals surface area contributed by atoms with Crippen molar-refractivity contribution in [2.24, 2.45) is 0 Å². The molecular formula is C16H14N4OS. The van der Waals surface area contributed by atoms with Crippen LogP contribution in [0.1, 0.15) is 17.4 Å². The van der Waals surface area contributed by atoms with E-state index in [1.807, 2.05) is 41.3 Å². The highest BCUT2D eigenvalue weighted by Gasteiger charge is 2.25. The topological polar surface area (TPSA) is 55.9 Å². The highest BCUT2D eigenvalue weighted by atomic mass is 32.2. The summed E-state index contributed by atoms with van der Waals surface area (Å²) in [5.74, 6) is 1.52. The van der Waals surface area contributed by atoms with Crippen molar-refractivity contribution < 1.29 is 4.42 Å². The second kappa shape index (κ2) is 5.38. The van der Waals surface area contributed by atoms with Crippen molar-refractivity contribution in [2.45, 2.75) is 11.2 Å². The number of hydrogen-bond donors (Lipinski definition) is 1. The van der Waals surface area contributed by atoms with Gasteiger partial charge in [0.1, 0.15) is 11.8 Å². The van der Waals surface area contributed by atoms with E-state index < -0.39 is 0 Å². The molecule has 0 saturated heterocycles. The van der Waals surface area contributed by atoms with E-state index in [0.29, 0.717) is 0 Å². The molecule has 0 saturated carbocycles. The second-order valence-corrected chi connectivity index (χ2v) is 5.68. The Morgan fingerprint density at radius 1 is 1.18 bits per heavy atom. The van der Waals surface area contributed by atoms with E-state index in [4.69, 9.17) is 4.42 Å². The summed E-state index contributed by atoms with van der Waals surface area (Å²) in [6.07, 6.45) is 5.75. The molecule has 110 valence electrons. The summed E-state index contributed by atoms with van der Waals surface area (Å²) in [5, 5.41) is 8.62. The van der Waals surface area contributed by atoms with Gasteiger partial charge < -0.3 is 9.73 Å². The Morgan fingerprint density at radius 3 is 2.77 bits per heavy atom. The fourth-order valence-corrected chi connectivity index (χ4v) is 2.87. The van der Waals surface area contributed by atoms with Gasteiger partial charge in [0, 0.05) is 0 Å². The van der Waals surface area contributed by atoms with Crippen LogP contribution in [-0.4, -0.2) is 21.0 Å². The van der Waals surface area contributed by atoms with Crippen molar-refractivity contribution in [3.63, 3.8) is 0 Å². The molecule has 1 aliphatic rings. The van der Waals surface area contributed by atoms with Gasteiger partial charge in [-0.1, -0.05) is 42.1 Å². The molecule has 0 amide bonds. The lowest BCUT2D eigenvalue weighted by Crippen LogP contribution is -2.20. The largest absolute Gasteiger partial charge is 0.463 e. The summed E-state index contributed by atoms with van der Waals surface area (Å²) < 4.78 is 7.42. The third-order valence-electron chi connectivity index (χ3n) is 3.56. The summed E-state index contributed by atoms with van der Waals surface area (Å²) in [5.41, 5.74) is 2.07. The van der Waals surface area contributed by atoms with E-state index >= 15 is 0 Å². The first-order valence-electron chi connectivity index (χ1n) is 6.93. The van der Waals surface area contributed by atoms with E-state index in [2.05, 4.69) is 33.6 Å². The van der Waals surface area contributed by atoms with E-state index in [-0.39, 0.29) is 6.04 Å². The summed E-state index contributed by atoms with van der Waals surface area (Å²) in [7, 11) is 0. The Balaban J connectivity index is 1.84. The van der Waals surface area contributed by atoms with Crippen LogP contribution in [0, 0.1) is 0 Å². The highest BCUT2D eigenvalue weighted by Crippen LogP contribution is 2.33. The molecule has 1 aromatic carbocycles. The van der Waals surface area contributed by atoms with Crippen LogP contribution in [0.4, 0.5) is 5.95 Å². The van der Waals surface area contributed by atoms with Gasteiger partial charge in [0.15, 0.2) is 0 Å². The van der Waals surface area contributed by atoms with Crippen LogP contribution in [0.3, 0.4) is 0 Å². The SMILES string of the molecule is CSc1nc2n(n1)C(c1ccccc1)C=C(c1ccco1)N2. The average Bonchev–Trinajstić information content (AvgIpc) is 3.23. The molecule has 0 fully saturated rings. The molecule has 5 nitrogen and oxygen atoms in total. The first-order chi connectivity index (χ1) is 10.8. The molecule has 0 bridgehead atoms. The number of nitrogens with zero attached hydrogens (tertiary/aromatic N) is 3. The minimum atomic E-state index is -0.00838. The summed E-state index contributed by atoms with van der Waals surface area (Å²) in [6, 6.07) is 14.1. The van der Waals surface area contributed by atoms with Crippen LogP contribution in [0.2, 0.25) is 0 Å². The third kappa shape index (κ3) is 2.21. The molecule has 1 unspecified atom stereocenters. The molecule has 22 heavy (non-hydrogen) atoms. The maximum Gasteiger partial charge on any atom is 0.227 e. The number of anilines is 1. The van der Waals surface area contributed by atoms with Crippen LogP contribution >= 0.6 is 11.8 Å². The minimum Gasteiger partial charge on any atom is -0.463 e. The van der Waals surface area contributed by atoms with Crippen molar-refractivity contribution in [1.82, 2.24) is 14.8 Å². The zero-order valence-corrected chi connectivity index (χ0v) is 12.7. The van der Waals surface area contributed by atoms with Crippen LogP contribution in [0.15, 0.2) is 64.4 Å². The van der Waals surface area contributed by atoms with Crippen LogP contribution in [0.5, 0.6) is 0 Å². The van der Waals surface area contributed by atoms with Crippen molar-refractivity contribution in [2.75, 3.05) is 11.6 Å². The van der Waals surface area contributed by atoms with Gasteiger partial charge in [-0.25, -0.2) is 4.68 Å². The third-order valence-corrected chi connectivity index (χ3v) is 4.09. The van der Waals surface area contributed by atoms with E-state index in [0.717, 1.165) is 28.1 Å². The van der Waals surface area contributed by atoms with Gasteiger partial charge in [-0.2, -0.15) is 4.98 Å². The summed E-state index contributed by atoms with van der Waals surface area (Å²) in [6.45, 7) is 0. The van der Waals surface area contributed by atoms with Crippen molar-refractivity contribution in [3.8, 4) is 0 Å². The molecule has 2 aromatic heterocycles. The van der Waals surface area contributed by atoms with E-state index in [1.54, 1.807) is 6.26 Å². The van der Waals surface area contributed by atoms with Gasteiger partial charge in [0.2, 0.25) is 11.1 Å². The fraction of sp³-hybridized carbons (Fsp3) is 0.125. The number of furan rings is 1. The summed E-state index contributed by atoms with van der Waals surface area (Å²) in [4.78, 5) is 4.53. The molecule has 0 aliphatic carbocycles. The molecule has 1 atom stereocenters. The predicted octanol–water partition coefficient (Wildman–Crippen LogP) is 3.65. The molecule has 3 aromatic rings. The maximum absolute atomic E-state index is 5.51. The first kappa shape index (κ1) is 13.2. The van der Waals surface area contributed by atoms with Gasteiger partial charge in [0.05, 0.1) is 12.0 Å². The lowest BCUT2D eigenvalue weighted by molar-refractivity contribution is 0.546. The lowest BCUT2D eigenvalue weighted by atomic mass is 10.0.